The lowest BCUT2D eigenvalue weighted by Crippen LogP contribution is -2.50. The highest BCUT2D eigenvalue weighted by atomic mass is 32.2. The molecule has 6 heteroatoms. The normalized spacial score (nSPS) is 11.9. The summed E-state index contributed by atoms with van der Waals surface area (Å²) < 4.78 is 13.9. The van der Waals surface area contributed by atoms with Crippen LogP contribution >= 0.6 is 11.8 Å². The maximum atomic E-state index is 13.9. The molecule has 168 valence electrons. The largest absolute Gasteiger partial charge is 0.354 e. The van der Waals surface area contributed by atoms with Crippen LogP contribution in [0.25, 0.3) is 0 Å². The molecule has 2 amide bonds. The Kier molecular flexibility index (Phi) is 10.0. The molecule has 0 aliphatic carbocycles. The number of hydrogen-bond donors (Lipinski definition) is 1. The van der Waals surface area contributed by atoms with Gasteiger partial charge in [0.1, 0.15) is 11.9 Å². The molecule has 0 unspecified atom stereocenters. The van der Waals surface area contributed by atoms with Crippen LogP contribution in [0, 0.1) is 18.7 Å². The van der Waals surface area contributed by atoms with E-state index < -0.39 is 6.04 Å². The van der Waals surface area contributed by atoms with Gasteiger partial charge >= 0.3 is 0 Å². The van der Waals surface area contributed by atoms with Crippen molar-refractivity contribution in [1.82, 2.24) is 10.2 Å². The molecule has 0 aliphatic heterocycles. The van der Waals surface area contributed by atoms with Crippen molar-refractivity contribution < 1.29 is 14.0 Å². The highest BCUT2D eigenvalue weighted by Gasteiger charge is 2.28. The Morgan fingerprint density at radius 2 is 1.77 bits per heavy atom. The fourth-order valence-corrected chi connectivity index (χ4v) is 4.08. The van der Waals surface area contributed by atoms with Crippen molar-refractivity contribution in [2.75, 3.05) is 12.3 Å². The summed E-state index contributed by atoms with van der Waals surface area (Å²) in [6.45, 7) is 8.95. The summed E-state index contributed by atoms with van der Waals surface area (Å²) in [7, 11) is 0. The summed E-state index contributed by atoms with van der Waals surface area (Å²) >= 11 is 1.36. The van der Waals surface area contributed by atoms with Crippen LogP contribution in [0.1, 0.15) is 43.9 Å². The highest BCUT2D eigenvalue weighted by Crippen LogP contribution is 2.19. The lowest BCUT2D eigenvalue weighted by atomic mass is 10.1. The molecule has 0 aliphatic rings. The molecule has 0 saturated carbocycles. The van der Waals surface area contributed by atoms with E-state index in [1.807, 2.05) is 52.0 Å². The Labute approximate surface area is 189 Å². The standard InChI is InChI=1S/C25H33FN2O2S/c1-5-23(25(30)27-14-18(2)3)28(15-20-12-10-19(4)11-13-20)24(29)17-31-16-21-8-6-7-9-22(21)26/h6-13,18,23H,5,14-17H2,1-4H3,(H,27,30)/t23-/m0/s1. The maximum absolute atomic E-state index is 13.9. The Hall–Kier alpha value is -2.34. The molecular formula is C25H33FN2O2S. The van der Waals surface area contributed by atoms with Gasteiger partial charge in [-0.1, -0.05) is 68.8 Å². The summed E-state index contributed by atoms with van der Waals surface area (Å²) in [5.41, 5.74) is 2.70. The third kappa shape index (κ3) is 8.02. The van der Waals surface area contributed by atoms with Gasteiger partial charge in [0.25, 0.3) is 0 Å². The van der Waals surface area contributed by atoms with E-state index in [2.05, 4.69) is 5.32 Å². The Bertz CT molecular complexity index is 855. The molecule has 4 nitrogen and oxygen atoms in total. The molecule has 0 saturated heterocycles. The van der Waals surface area contributed by atoms with Gasteiger partial charge in [0.15, 0.2) is 0 Å². The molecule has 0 heterocycles. The van der Waals surface area contributed by atoms with Gasteiger partial charge in [0.2, 0.25) is 11.8 Å². The quantitative estimate of drug-likeness (QED) is 0.534. The van der Waals surface area contributed by atoms with Gasteiger partial charge in [-0.05, 0) is 36.5 Å². The van der Waals surface area contributed by atoms with E-state index in [1.54, 1.807) is 23.1 Å². The SMILES string of the molecule is CC[C@@H](C(=O)NCC(C)C)N(Cc1ccc(C)cc1)C(=O)CSCc1ccccc1F. The number of thioether (sulfide) groups is 1. The number of nitrogens with zero attached hydrogens (tertiary/aromatic N) is 1. The number of benzene rings is 2. The molecule has 1 N–H and O–H groups in total. The highest BCUT2D eigenvalue weighted by molar-refractivity contribution is 7.99. The van der Waals surface area contributed by atoms with Crippen LogP contribution in [-0.4, -0.2) is 35.1 Å². The second-order valence-corrected chi connectivity index (χ2v) is 9.14. The number of aryl methyl sites for hydroxylation is 1. The monoisotopic (exact) mass is 444 g/mol. The first-order chi connectivity index (χ1) is 14.8. The van der Waals surface area contributed by atoms with Crippen LogP contribution in [0.5, 0.6) is 0 Å². The van der Waals surface area contributed by atoms with Crippen LogP contribution in [0.4, 0.5) is 4.39 Å². The van der Waals surface area contributed by atoms with Gasteiger partial charge in [-0.2, -0.15) is 0 Å². The summed E-state index contributed by atoms with van der Waals surface area (Å²) in [5.74, 6) is 0.420. The van der Waals surface area contributed by atoms with Crippen LogP contribution in [0.2, 0.25) is 0 Å². The van der Waals surface area contributed by atoms with Crippen molar-refractivity contribution >= 4 is 23.6 Å². The van der Waals surface area contributed by atoms with Crippen LogP contribution < -0.4 is 5.32 Å². The minimum absolute atomic E-state index is 0.117. The molecule has 0 radical (unpaired) electrons. The van der Waals surface area contributed by atoms with Gasteiger partial charge in [-0.25, -0.2) is 4.39 Å². The predicted molar refractivity (Wildman–Crippen MR) is 126 cm³/mol. The van der Waals surface area contributed by atoms with Gasteiger partial charge in [-0.3, -0.25) is 9.59 Å². The lowest BCUT2D eigenvalue weighted by Gasteiger charge is -2.31. The van der Waals surface area contributed by atoms with Crippen LogP contribution in [-0.2, 0) is 21.9 Å². The fraction of sp³-hybridized carbons (Fsp3) is 0.440. The Balaban J connectivity index is 2.12. The average Bonchev–Trinajstić information content (AvgIpc) is 2.74. The van der Waals surface area contributed by atoms with E-state index in [-0.39, 0.29) is 23.4 Å². The van der Waals surface area contributed by atoms with E-state index in [9.17, 15) is 14.0 Å². The van der Waals surface area contributed by atoms with Crippen molar-refractivity contribution in [2.24, 2.45) is 5.92 Å². The number of nitrogens with one attached hydrogen (secondary N) is 1. The zero-order valence-corrected chi connectivity index (χ0v) is 19.7. The molecule has 0 aromatic heterocycles. The summed E-state index contributed by atoms with van der Waals surface area (Å²) in [6.07, 6.45) is 0.527. The van der Waals surface area contributed by atoms with Crippen LogP contribution in [0.15, 0.2) is 48.5 Å². The second-order valence-electron chi connectivity index (χ2n) is 8.15. The number of carbonyl (C=O) groups excluding carboxylic acids is 2. The summed E-state index contributed by atoms with van der Waals surface area (Å²) in [6, 6.07) is 14.0. The van der Waals surface area contributed by atoms with E-state index in [0.29, 0.717) is 36.7 Å². The zero-order valence-electron chi connectivity index (χ0n) is 18.9. The van der Waals surface area contributed by atoms with Gasteiger partial charge < -0.3 is 10.2 Å². The van der Waals surface area contributed by atoms with E-state index in [1.165, 1.54) is 17.8 Å². The van der Waals surface area contributed by atoms with Gasteiger partial charge in [0.05, 0.1) is 5.75 Å². The van der Waals surface area contributed by atoms with Crippen molar-refractivity contribution in [3.8, 4) is 0 Å². The number of halogens is 1. The van der Waals surface area contributed by atoms with Crippen molar-refractivity contribution in [3.63, 3.8) is 0 Å². The minimum atomic E-state index is -0.540. The van der Waals surface area contributed by atoms with Crippen molar-refractivity contribution in [1.29, 1.82) is 0 Å². The van der Waals surface area contributed by atoms with E-state index in [4.69, 9.17) is 0 Å². The minimum Gasteiger partial charge on any atom is -0.354 e. The number of hydrogen-bond acceptors (Lipinski definition) is 3. The molecule has 0 spiro atoms. The Morgan fingerprint density at radius 3 is 2.39 bits per heavy atom. The first kappa shape index (κ1) is 24.9. The van der Waals surface area contributed by atoms with E-state index >= 15 is 0 Å². The van der Waals surface area contributed by atoms with Gasteiger partial charge in [-0.15, -0.1) is 11.8 Å². The Morgan fingerprint density at radius 1 is 1.10 bits per heavy atom. The van der Waals surface area contributed by atoms with Crippen molar-refractivity contribution in [2.45, 2.75) is 52.5 Å². The molecular weight excluding hydrogens is 411 g/mol. The third-order valence-electron chi connectivity index (χ3n) is 4.98. The van der Waals surface area contributed by atoms with E-state index in [0.717, 1.165) is 11.1 Å². The number of amides is 2. The smallest absolute Gasteiger partial charge is 0.242 e. The molecule has 2 rings (SSSR count). The van der Waals surface area contributed by atoms with Crippen LogP contribution in [0.3, 0.4) is 0 Å². The molecule has 31 heavy (non-hydrogen) atoms. The number of carbonyl (C=O) groups is 2. The second kappa shape index (κ2) is 12.5. The zero-order chi connectivity index (χ0) is 22.8. The predicted octanol–water partition coefficient (Wildman–Crippen LogP) is 4.95. The first-order valence-corrected chi connectivity index (χ1v) is 11.9. The lowest BCUT2D eigenvalue weighted by molar-refractivity contribution is -0.139. The average molecular weight is 445 g/mol. The van der Waals surface area contributed by atoms with Crippen molar-refractivity contribution in [3.05, 3.63) is 71.0 Å². The molecule has 0 fully saturated rings. The molecule has 0 bridgehead atoms. The number of rotatable bonds is 11. The topological polar surface area (TPSA) is 49.4 Å². The summed E-state index contributed by atoms with van der Waals surface area (Å²) in [4.78, 5) is 27.7. The first-order valence-electron chi connectivity index (χ1n) is 10.8. The third-order valence-corrected chi connectivity index (χ3v) is 5.95. The molecule has 2 aromatic carbocycles. The van der Waals surface area contributed by atoms with Gasteiger partial charge in [0, 0.05) is 18.8 Å². The molecule has 1 atom stereocenters. The summed E-state index contributed by atoms with van der Waals surface area (Å²) in [5, 5.41) is 2.96. The maximum Gasteiger partial charge on any atom is 0.242 e. The molecule has 2 aromatic rings. The fourth-order valence-electron chi connectivity index (χ4n) is 3.18.